The third-order valence-corrected chi connectivity index (χ3v) is 4.01. The molecule has 0 saturated heterocycles. The summed E-state index contributed by atoms with van der Waals surface area (Å²) in [5.74, 6) is 0.770. The maximum Gasteiger partial charge on any atom is 0.132 e. The van der Waals surface area contributed by atoms with Crippen LogP contribution in [0.25, 0.3) is 16.7 Å². The van der Waals surface area contributed by atoms with Gasteiger partial charge in [0.2, 0.25) is 0 Å². The van der Waals surface area contributed by atoms with Gasteiger partial charge in [0.05, 0.1) is 26.5 Å². The van der Waals surface area contributed by atoms with Gasteiger partial charge in [-0.1, -0.05) is 41.4 Å². The van der Waals surface area contributed by atoms with Crippen molar-refractivity contribution in [3.8, 4) is 5.69 Å². The summed E-state index contributed by atoms with van der Waals surface area (Å²) in [6.07, 6.45) is 0. The van der Waals surface area contributed by atoms with Gasteiger partial charge in [0, 0.05) is 5.69 Å². The molecule has 0 spiro atoms. The summed E-state index contributed by atoms with van der Waals surface area (Å²) >= 11 is 18.5. The number of fused-ring (bicyclic) bond motifs is 1. The van der Waals surface area contributed by atoms with Crippen molar-refractivity contribution in [3.63, 3.8) is 0 Å². The molecule has 1 heterocycles. The fourth-order valence-corrected chi connectivity index (χ4v) is 2.67. The molecule has 2 aromatic carbocycles. The van der Waals surface area contributed by atoms with Crippen LogP contribution in [0.3, 0.4) is 0 Å². The van der Waals surface area contributed by atoms with Gasteiger partial charge in [-0.2, -0.15) is 0 Å². The molecule has 0 amide bonds. The Morgan fingerprint density at radius 3 is 2.35 bits per heavy atom. The number of imidazole rings is 1. The van der Waals surface area contributed by atoms with Gasteiger partial charge >= 0.3 is 0 Å². The number of alkyl halides is 1. The van der Waals surface area contributed by atoms with E-state index in [4.69, 9.17) is 34.8 Å². The molecule has 20 heavy (non-hydrogen) atoms. The van der Waals surface area contributed by atoms with E-state index in [-0.39, 0.29) is 5.38 Å². The van der Waals surface area contributed by atoms with E-state index in [9.17, 15) is 0 Å². The molecular weight excluding hydrogens is 315 g/mol. The Labute approximate surface area is 131 Å². The van der Waals surface area contributed by atoms with E-state index in [0.717, 1.165) is 22.5 Å². The molecule has 102 valence electrons. The maximum atomic E-state index is 6.26. The normalized spacial score (nSPS) is 12.8. The monoisotopic (exact) mass is 324 g/mol. The second kappa shape index (κ2) is 5.28. The summed E-state index contributed by atoms with van der Waals surface area (Å²) in [6, 6.07) is 13.5. The zero-order chi connectivity index (χ0) is 14.3. The van der Waals surface area contributed by atoms with Crippen LogP contribution in [0, 0.1) is 0 Å². The van der Waals surface area contributed by atoms with Gasteiger partial charge in [-0.25, -0.2) is 4.98 Å². The second-order valence-corrected chi connectivity index (χ2v) is 5.98. The van der Waals surface area contributed by atoms with Crippen LogP contribution in [0.15, 0.2) is 42.5 Å². The largest absolute Gasteiger partial charge is 0.295 e. The van der Waals surface area contributed by atoms with E-state index >= 15 is 0 Å². The smallest absolute Gasteiger partial charge is 0.132 e. The fraction of sp³-hybridized carbons (Fsp3) is 0.133. The molecule has 0 aliphatic rings. The Kier molecular flexibility index (Phi) is 3.63. The molecular formula is C15H11Cl3N2. The topological polar surface area (TPSA) is 17.8 Å². The van der Waals surface area contributed by atoms with Gasteiger partial charge in [0.15, 0.2) is 0 Å². The van der Waals surface area contributed by atoms with E-state index in [1.54, 1.807) is 6.07 Å². The van der Waals surface area contributed by atoms with Crippen molar-refractivity contribution in [1.82, 2.24) is 9.55 Å². The number of benzene rings is 2. The Morgan fingerprint density at radius 2 is 1.70 bits per heavy atom. The van der Waals surface area contributed by atoms with Crippen molar-refractivity contribution in [1.29, 1.82) is 0 Å². The highest BCUT2D eigenvalue weighted by atomic mass is 35.5. The van der Waals surface area contributed by atoms with Crippen LogP contribution in [0.5, 0.6) is 0 Å². The summed E-state index contributed by atoms with van der Waals surface area (Å²) in [7, 11) is 0. The van der Waals surface area contributed by atoms with Crippen molar-refractivity contribution in [3.05, 3.63) is 58.3 Å². The van der Waals surface area contributed by atoms with Gasteiger partial charge in [0.25, 0.3) is 0 Å². The minimum absolute atomic E-state index is 0.222. The average molecular weight is 326 g/mol. The average Bonchev–Trinajstić information content (AvgIpc) is 2.79. The van der Waals surface area contributed by atoms with E-state index in [1.807, 2.05) is 47.9 Å². The molecule has 0 aliphatic heterocycles. The predicted octanol–water partition coefficient (Wildman–Crippen LogP) is 5.63. The molecule has 0 N–H and O–H groups in total. The van der Waals surface area contributed by atoms with Crippen LogP contribution in [0.4, 0.5) is 0 Å². The summed E-state index contributed by atoms with van der Waals surface area (Å²) in [5.41, 5.74) is 2.68. The quantitative estimate of drug-likeness (QED) is 0.558. The number of rotatable bonds is 2. The van der Waals surface area contributed by atoms with Crippen molar-refractivity contribution in [2.45, 2.75) is 12.3 Å². The summed E-state index contributed by atoms with van der Waals surface area (Å²) in [4.78, 5) is 4.58. The van der Waals surface area contributed by atoms with Gasteiger partial charge in [-0.3, -0.25) is 4.57 Å². The van der Waals surface area contributed by atoms with E-state index in [1.165, 1.54) is 0 Å². The van der Waals surface area contributed by atoms with E-state index in [0.29, 0.717) is 10.0 Å². The first-order chi connectivity index (χ1) is 9.58. The van der Waals surface area contributed by atoms with Gasteiger partial charge < -0.3 is 0 Å². The van der Waals surface area contributed by atoms with Gasteiger partial charge in [-0.15, -0.1) is 11.6 Å². The number of hydrogen-bond acceptors (Lipinski definition) is 1. The maximum absolute atomic E-state index is 6.26. The van der Waals surface area contributed by atoms with Crippen LogP contribution >= 0.6 is 34.8 Å². The van der Waals surface area contributed by atoms with Crippen LogP contribution in [0.2, 0.25) is 10.0 Å². The number of nitrogens with zero attached hydrogens (tertiary/aromatic N) is 2. The van der Waals surface area contributed by atoms with E-state index in [2.05, 4.69) is 4.98 Å². The number of aromatic nitrogens is 2. The summed E-state index contributed by atoms with van der Waals surface area (Å²) < 4.78 is 2.01. The minimum Gasteiger partial charge on any atom is -0.295 e. The predicted molar refractivity (Wildman–Crippen MR) is 85.4 cm³/mol. The highest BCUT2D eigenvalue weighted by Crippen LogP contribution is 2.33. The third-order valence-electron chi connectivity index (χ3n) is 3.09. The molecule has 2 nitrogen and oxygen atoms in total. The SMILES string of the molecule is CC(Cl)c1nc2cc(Cl)c(Cl)cc2n1-c1ccccc1. The zero-order valence-corrected chi connectivity index (χ0v) is 12.9. The van der Waals surface area contributed by atoms with Crippen LogP contribution in [0.1, 0.15) is 18.1 Å². The number of para-hydroxylation sites is 1. The summed E-state index contributed by atoms with van der Waals surface area (Å²) in [6.45, 7) is 1.89. The number of halogens is 3. The zero-order valence-electron chi connectivity index (χ0n) is 10.6. The minimum atomic E-state index is -0.222. The Bertz CT molecular complexity index is 764. The Hall–Kier alpha value is -1.22. The third kappa shape index (κ3) is 2.28. The Morgan fingerprint density at radius 1 is 1.05 bits per heavy atom. The molecule has 1 atom stereocenters. The molecule has 3 aromatic rings. The van der Waals surface area contributed by atoms with Crippen molar-refractivity contribution in [2.24, 2.45) is 0 Å². The molecule has 0 aliphatic carbocycles. The molecule has 1 aromatic heterocycles. The molecule has 0 radical (unpaired) electrons. The number of hydrogen-bond donors (Lipinski definition) is 0. The first kappa shape index (κ1) is 13.7. The first-order valence-electron chi connectivity index (χ1n) is 6.15. The molecule has 0 bridgehead atoms. The lowest BCUT2D eigenvalue weighted by Crippen LogP contribution is -2.01. The molecule has 1 unspecified atom stereocenters. The first-order valence-corrected chi connectivity index (χ1v) is 7.34. The molecule has 5 heteroatoms. The fourth-order valence-electron chi connectivity index (χ4n) is 2.21. The van der Waals surface area contributed by atoms with Gasteiger partial charge in [-0.05, 0) is 31.2 Å². The van der Waals surface area contributed by atoms with Crippen LogP contribution < -0.4 is 0 Å². The molecule has 0 saturated carbocycles. The lowest BCUT2D eigenvalue weighted by atomic mass is 10.2. The van der Waals surface area contributed by atoms with Crippen molar-refractivity contribution >= 4 is 45.8 Å². The summed E-state index contributed by atoms with van der Waals surface area (Å²) in [5, 5.41) is 0.774. The lowest BCUT2D eigenvalue weighted by Gasteiger charge is -2.10. The molecule has 3 rings (SSSR count). The van der Waals surface area contributed by atoms with Crippen LogP contribution in [-0.2, 0) is 0 Å². The highest BCUT2D eigenvalue weighted by molar-refractivity contribution is 6.42. The highest BCUT2D eigenvalue weighted by Gasteiger charge is 2.17. The second-order valence-electron chi connectivity index (χ2n) is 4.51. The lowest BCUT2D eigenvalue weighted by molar-refractivity contribution is 0.882. The van der Waals surface area contributed by atoms with Crippen LogP contribution in [-0.4, -0.2) is 9.55 Å². The standard InChI is InChI=1S/C15H11Cl3N2/c1-9(16)15-19-13-7-11(17)12(18)8-14(13)20(15)10-5-3-2-4-6-10/h2-9H,1H3. The van der Waals surface area contributed by atoms with Gasteiger partial charge in [0.1, 0.15) is 5.82 Å². The van der Waals surface area contributed by atoms with Crippen molar-refractivity contribution in [2.75, 3.05) is 0 Å². The van der Waals surface area contributed by atoms with Crippen molar-refractivity contribution < 1.29 is 0 Å². The van der Waals surface area contributed by atoms with E-state index < -0.39 is 0 Å². The molecule has 0 fully saturated rings. The Balaban J connectivity index is 2.38.